The Hall–Kier alpha value is -1.88. The van der Waals surface area contributed by atoms with Crippen LogP contribution < -0.4 is 10.6 Å². The Bertz CT molecular complexity index is 522. The number of carbonyl (C=O) groups excluding carboxylic acids is 2. The summed E-state index contributed by atoms with van der Waals surface area (Å²) >= 11 is 0. The molecule has 2 rings (SSSR count). The maximum absolute atomic E-state index is 12.2. The van der Waals surface area contributed by atoms with Crippen LogP contribution in [-0.2, 0) is 9.59 Å². The Balaban J connectivity index is 1.81. The maximum atomic E-state index is 12.2. The lowest BCUT2D eigenvalue weighted by molar-refractivity contribution is -0.118. The van der Waals surface area contributed by atoms with Gasteiger partial charge in [0.15, 0.2) is 0 Å². The van der Waals surface area contributed by atoms with E-state index in [-0.39, 0.29) is 11.8 Å². The SMILES string of the molecule is CCC(=O)Nc1ccc(NC(=O)CN(C)C2CCCCC2)cc1. The first-order valence-electron chi connectivity index (χ1n) is 8.48. The van der Waals surface area contributed by atoms with Crippen LogP contribution in [0.15, 0.2) is 24.3 Å². The molecule has 1 aromatic carbocycles. The summed E-state index contributed by atoms with van der Waals surface area (Å²) in [6.45, 7) is 2.23. The van der Waals surface area contributed by atoms with Gasteiger partial charge < -0.3 is 10.6 Å². The molecule has 2 amide bonds. The van der Waals surface area contributed by atoms with Crippen LogP contribution in [0.25, 0.3) is 0 Å². The minimum absolute atomic E-state index is 0.00316. The van der Waals surface area contributed by atoms with Gasteiger partial charge in [-0.15, -0.1) is 0 Å². The zero-order valence-corrected chi connectivity index (χ0v) is 14.1. The van der Waals surface area contributed by atoms with Gasteiger partial charge in [-0.25, -0.2) is 0 Å². The van der Waals surface area contributed by atoms with Gasteiger partial charge in [-0.3, -0.25) is 14.5 Å². The summed E-state index contributed by atoms with van der Waals surface area (Å²) in [5, 5.41) is 5.70. The molecule has 1 aliphatic rings. The van der Waals surface area contributed by atoms with E-state index in [0.29, 0.717) is 19.0 Å². The molecule has 1 saturated carbocycles. The minimum Gasteiger partial charge on any atom is -0.326 e. The first kappa shape index (κ1) is 17.5. The predicted molar refractivity (Wildman–Crippen MR) is 93.5 cm³/mol. The maximum Gasteiger partial charge on any atom is 0.238 e. The lowest BCUT2D eigenvalue weighted by Gasteiger charge is -2.30. The third-order valence-electron chi connectivity index (χ3n) is 4.36. The average Bonchev–Trinajstić information content (AvgIpc) is 2.57. The molecule has 1 fully saturated rings. The molecule has 5 nitrogen and oxygen atoms in total. The van der Waals surface area contributed by atoms with Gasteiger partial charge in [0.05, 0.1) is 6.54 Å². The second kappa shape index (κ2) is 8.67. The van der Waals surface area contributed by atoms with Gasteiger partial charge in [0, 0.05) is 23.8 Å². The summed E-state index contributed by atoms with van der Waals surface area (Å²) in [6, 6.07) is 7.75. The largest absolute Gasteiger partial charge is 0.326 e. The fourth-order valence-electron chi connectivity index (χ4n) is 2.96. The summed E-state index contributed by atoms with van der Waals surface area (Å²) in [6.07, 6.45) is 6.68. The van der Waals surface area contributed by atoms with E-state index in [1.54, 1.807) is 12.1 Å². The molecule has 1 aromatic rings. The van der Waals surface area contributed by atoms with Crippen molar-refractivity contribution in [3.05, 3.63) is 24.3 Å². The van der Waals surface area contributed by atoms with Gasteiger partial charge in [-0.1, -0.05) is 26.2 Å². The highest BCUT2D eigenvalue weighted by Gasteiger charge is 2.19. The second-order valence-electron chi connectivity index (χ2n) is 6.23. The summed E-state index contributed by atoms with van der Waals surface area (Å²) in [5.41, 5.74) is 1.50. The van der Waals surface area contributed by atoms with Crippen molar-refractivity contribution in [2.75, 3.05) is 24.2 Å². The third kappa shape index (κ3) is 5.67. The van der Waals surface area contributed by atoms with Gasteiger partial charge in [-0.2, -0.15) is 0 Å². The van der Waals surface area contributed by atoms with E-state index in [2.05, 4.69) is 15.5 Å². The number of anilines is 2. The van der Waals surface area contributed by atoms with E-state index in [1.807, 2.05) is 26.1 Å². The molecule has 0 heterocycles. The topological polar surface area (TPSA) is 61.4 Å². The number of nitrogens with one attached hydrogen (secondary N) is 2. The Morgan fingerprint density at radius 3 is 2.04 bits per heavy atom. The number of amides is 2. The molecule has 126 valence electrons. The molecule has 0 spiro atoms. The van der Waals surface area contributed by atoms with Crippen molar-refractivity contribution in [2.45, 2.75) is 51.5 Å². The lowest BCUT2D eigenvalue weighted by atomic mass is 9.94. The van der Waals surface area contributed by atoms with Crippen LogP contribution in [0.3, 0.4) is 0 Å². The molecule has 0 bridgehead atoms. The summed E-state index contributed by atoms with van der Waals surface area (Å²) in [4.78, 5) is 25.6. The minimum atomic E-state index is -0.0177. The van der Waals surface area contributed by atoms with Gasteiger partial charge in [0.25, 0.3) is 0 Å². The van der Waals surface area contributed by atoms with Crippen molar-refractivity contribution in [1.29, 1.82) is 0 Å². The number of hydrogen-bond donors (Lipinski definition) is 2. The molecular weight excluding hydrogens is 290 g/mol. The summed E-state index contributed by atoms with van der Waals surface area (Å²) in [7, 11) is 2.03. The number of rotatable bonds is 6. The molecule has 0 aliphatic heterocycles. The van der Waals surface area contributed by atoms with E-state index in [0.717, 1.165) is 11.4 Å². The van der Waals surface area contributed by atoms with E-state index >= 15 is 0 Å². The number of hydrogen-bond acceptors (Lipinski definition) is 3. The molecule has 0 radical (unpaired) electrons. The Morgan fingerprint density at radius 1 is 1.00 bits per heavy atom. The fraction of sp³-hybridized carbons (Fsp3) is 0.556. The van der Waals surface area contributed by atoms with Gasteiger partial charge in [0.2, 0.25) is 11.8 Å². The molecule has 1 aliphatic carbocycles. The molecule has 0 saturated heterocycles. The number of likely N-dealkylation sites (N-methyl/N-ethyl adjacent to an activating group) is 1. The highest BCUT2D eigenvalue weighted by Crippen LogP contribution is 2.21. The van der Waals surface area contributed by atoms with Gasteiger partial charge >= 0.3 is 0 Å². The van der Waals surface area contributed by atoms with Crippen LogP contribution in [0.1, 0.15) is 45.4 Å². The van der Waals surface area contributed by atoms with Crippen LogP contribution >= 0.6 is 0 Å². The van der Waals surface area contributed by atoms with Crippen molar-refractivity contribution in [1.82, 2.24) is 4.90 Å². The van der Waals surface area contributed by atoms with Crippen LogP contribution in [0, 0.1) is 0 Å². The van der Waals surface area contributed by atoms with Crippen molar-refractivity contribution in [3.63, 3.8) is 0 Å². The Labute approximate surface area is 138 Å². The van der Waals surface area contributed by atoms with E-state index in [4.69, 9.17) is 0 Å². The number of carbonyl (C=O) groups is 2. The van der Waals surface area contributed by atoms with Crippen LogP contribution in [0.2, 0.25) is 0 Å². The van der Waals surface area contributed by atoms with E-state index in [1.165, 1.54) is 32.1 Å². The number of benzene rings is 1. The standard InChI is InChI=1S/C18H27N3O2/c1-3-17(22)19-14-9-11-15(12-10-14)20-18(23)13-21(2)16-7-5-4-6-8-16/h9-12,16H,3-8,13H2,1-2H3,(H,19,22)(H,20,23). The number of nitrogens with zero attached hydrogens (tertiary/aromatic N) is 1. The second-order valence-corrected chi connectivity index (χ2v) is 6.23. The van der Waals surface area contributed by atoms with Crippen molar-refractivity contribution in [3.8, 4) is 0 Å². The third-order valence-corrected chi connectivity index (χ3v) is 4.36. The summed E-state index contributed by atoms with van der Waals surface area (Å²) in [5.74, 6) is -0.0145. The smallest absolute Gasteiger partial charge is 0.238 e. The highest BCUT2D eigenvalue weighted by molar-refractivity contribution is 5.93. The normalized spacial score (nSPS) is 15.4. The first-order chi connectivity index (χ1) is 11.1. The molecule has 23 heavy (non-hydrogen) atoms. The van der Waals surface area contributed by atoms with E-state index < -0.39 is 0 Å². The van der Waals surface area contributed by atoms with Crippen LogP contribution in [0.5, 0.6) is 0 Å². The zero-order chi connectivity index (χ0) is 16.7. The molecule has 5 heteroatoms. The van der Waals surface area contributed by atoms with Crippen LogP contribution in [0.4, 0.5) is 11.4 Å². The fourth-order valence-corrected chi connectivity index (χ4v) is 2.96. The van der Waals surface area contributed by atoms with Crippen LogP contribution in [-0.4, -0.2) is 36.3 Å². The van der Waals surface area contributed by atoms with Crippen molar-refractivity contribution >= 4 is 23.2 Å². The summed E-state index contributed by atoms with van der Waals surface area (Å²) < 4.78 is 0. The monoisotopic (exact) mass is 317 g/mol. The molecule has 0 aromatic heterocycles. The Kier molecular flexibility index (Phi) is 6.59. The van der Waals surface area contributed by atoms with Gasteiger partial charge in [-0.05, 0) is 44.2 Å². The molecule has 0 unspecified atom stereocenters. The first-order valence-corrected chi connectivity index (χ1v) is 8.48. The lowest BCUT2D eigenvalue weighted by Crippen LogP contribution is -2.39. The Morgan fingerprint density at radius 2 is 1.52 bits per heavy atom. The molecular formula is C18H27N3O2. The zero-order valence-electron chi connectivity index (χ0n) is 14.1. The van der Waals surface area contributed by atoms with Gasteiger partial charge in [0.1, 0.15) is 0 Å². The average molecular weight is 317 g/mol. The quantitative estimate of drug-likeness (QED) is 0.847. The highest BCUT2D eigenvalue weighted by atomic mass is 16.2. The molecule has 2 N–H and O–H groups in total. The van der Waals surface area contributed by atoms with Crippen molar-refractivity contribution in [2.24, 2.45) is 0 Å². The van der Waals surface area contributed by atoms with Crippen molar-refractivity contribution < 1.29 is 9.59 Å². The predicted octanol–water partition coefficient (Wildman–Crippen LogP) is 3.24. The van der Waals surface area contributed by atoms with E-state index in [9.17, 15) is 9.59 Å². The molecule has 0 atom stereocenters.